The number of halogens is 1. The van der Waals surface area contributed by atoms with Gasteiger partial charge in [-0.05, 0) is 13.0 Å². The second kappa shape index (κ2) is 5.73. The molecular weight excluding hydrogens is 183 g/mol. The van der Waals surface area contributed by atoms with Crippen LogP contribution in [0.3, 0.4) is 0 Å². The van der Waals surface area contributed by atoms with Crippen molar-refractivity contribution in [2.75, 3.05) is 13.2 Å². The predicted molar refractivity (Wildman–Crippen MR) is 52.5 cm³/mol. The minimum Gasteiger partial charge on any atom is -0.388 e. The van der Waals surface area contributed by atoms with Crippen LogP contribution in [0.15, 0.2) is 24.3 Å². The molecule has 0 amide bonds. The summed E-state index contributed by atoms with van der Waals surface area (Å²) >= 11 is 0. The van der Waals surface area contributed by atoms with E-state index in [0.29, 0.717) is 25.2 Å². The third-order valence-corrected chi connectivity index (χ3v) is 2.00. The zero-order valence-corrected chi connectivity index (χ0v) is 8.24. The van der Waals surface area contributed by atoms with Gasteiger partial charge >= 0.3 is 0 Å². The van der Waals surface area contributed by atoms with E-state index in [-0.39, 0.29) is 5.82 Å². The van der Waals surface area contributed by atoms with E-state index in [4.69, 9.17) is 4.74 Å². The Morgan fingerprint density at radius 1 is 1.43 bits per heavy atom. The average Bonchev–Trinajstić information content (AvgIpc) is 2.18. The minimum atomic E-state index is -0.775. The number of ether oxygens (including phenoxy) is 1. The first-order valence-electron chi connectivity index (χ1n) is 4.76. The summed E-state index contributed by atoms with van der Waals surface area (Å²) in [6.45, 7) is 2.95. The fourth-order valence-corrected chi connectivity index (χ4v) is 1.24. The third kappa shape index (κ3) is 3.09. The highest BCUT2D eigenvalue weighted by Gasteiger charge is 2.11. The van der Waals surface area contributed by atoms with Crippen LogP contribution in [0, 0.1) is 5.82 Å². The van der Waals surface area contributed by atoms with Crippen molar-refractivity contribution in [2.24, 2.45) is 0 Å². The smallest absolute Gasteiger partial charge is 0.128 e. The molecule has 0 spiro atoms. The van der Waals surface area contributed by atoms with Crippen LogP contribution in [0.2, 0.25) is 0 Å². The molecule has 0 aliphatic rings. The van der Waals surface area contributed by atoms with Crippen LogP contribution in [0.1, 0.15) is 25.0 Å². The summed E-state index contributed by atoms with van der Waals surface area (Å²) in [6, 6.07) is 6.25. The number of hydrogen-bond donors (Lipinski definition) is 1. The molecule has 1 unspecified atom stereocenters. The largest absolute Gasteiger partial charge is 0.388 e. The van der Waals surface area contributed by atoms with Crippen molar-refractivity contribution in [2.45, 2.75) is 19.4 Å². The Balaban J connectivity index is 2.51. The van der Waals surface area contributed by atoms with Crippen molar-refractivity contribution in [1.82, 2.24) is 0 Å². The van der Waals surface area contributed by atoms with Crippen LogP contribution in [0.5, 0.6) is 0 Å². The highest BCUT2D eigenvalue weighted by molar-refractivity contribution is 5.19. The maximum absolute atomic E-state index is 13.1. The molecule has 14 heavy (non-hydrogen) atoms. The van der Waals surface area contributed by atoms with Crippen LogP contribution >= 0.6 is 0 Å². The predicted octanol–water partition coefficient (Wildman–Crippen LogP) is 2.29. The van der Waals surface area contributed by atoms with Crippen molar-refractivity contribution < 1.29 is 14.2 Å². The van der Waals surface area contributed by atoms with E-state index < -0.39 is 6.10 Å². The van der Waals surface area contributed by atoms with Gasteiger partial charge in [-0.3, -0.25) is 0 Å². The molecule has 1 N–H and O–H groups in total. The summed E-state index contributed by atoms with van der Waals surface area (Å²) in [6.07, 6.45) is -0.350. The van der Waals surface area contributed by atoms with Crippen LogP contribution in [-0.4, -0.2) is 18.3 Å². The van der Waals surface area contributed by atoms with Crippen LogP contribution in [0.4, 0.5) is 4.39 Å². The molecule has 0 fully saturated rings. The van der Waals surface area contributed by atoms with Crippen LogP contribution in [-0.2, 0) is 4.74 Å². The summed E-state index contributed by atoms with van der Waals surface area (Å²) in [5.74, 6) is -0.364. The third-order valence-electron chi connectivity index (χ3n) is 2.00. The minimum absolute atomic E-state index is 0.340. The van der Waals surface area contributed by atoms with E-state index in [2.05, 4.69) is 0 Å². The fraction of sp³-hybridized carbons (Fsp3) is 0.455. The summed E-state index contributed by atoms with van der Waals surface area (Å²) in [5, 5.41) is 9.61. The van der Waals surface area contributed by atoms with Crippen molar-refractivity contribution in [1.29, 1.82) is 0 Å². The molecule has 2 nitrogen and oxygen atoms in total. The highest BCUT2D eigenvalue weighted by Crippen LogP contribution is 2.19. The van der Waals surface area contributed by atoms with Gasteiger partial charge in [0.25, 0.3) is 0 Å². The van der Waals surface area contributed by atoms with Crippen molar-refractivity contribution in [3.8, 4) is 0 Å². The average molecular weight is 198 g/mol. The Hall–Kier alpha value is -0.930. The molecule has 78 valence electrons. The second-order valence-electron chi connectivity index (χ2n) is 3.02. The molecule has 3 heteroatoms. The Kier molecular flexibility index (Phi) is 4.56. The van der Waals surface area contributed by atoms with Gasteiger partial charge in [0.15, 0.2) is 0 Å². The van der Waals surface area contributed by atoms with Gasteiger partial charge in [0, 0.05) is 25.2 Å². The van der Waals surface area contributed by atoms with Gasteiger partial charge in [-0.25, -0.2) is 4.39 Å². The maximum atomic E-state index is 13.1. The van der Waals surface area contributed by atoms with Gasteiger partial charge in [0.1, 0.15) is 5.82 Å². The lowest BCUT2D eigenvalue weighted by Gasteiger charge is -2.11. The monoisotopic (exact) mass is 198 g/mol. The first-order chi connectivity index (χ1) is 6.75. The number of aliphatic hydroxyl groups excluding tert-OH is 1. The van der Waals surface area contributed by atoms with Gasteiger partial charge in [-0.2, -0.15) is 0 Å². The molecule has 0 aliphatic carbocycles. The van der Waals surface area contributed by atoms with E-state index in [9.17, 15) is 9.50 Å². The summed E-state index contributed by atoms with van der Waals surface area (Å²) in [4.78, 5) is 0. The number of benzene rings is 1. The van der Waals surface area contributed by atoms with Gasteiger partial charge in [-0.15, -0.1) is 0 Å². The molecular formula is C11H15FO2. The Bertz CT molecular complexity index is 276. The van der Waals surface area contributed by atoms with Crippen LogP contribution < -0.4 is 0 Å². The lowest BCUT2D eigenvalue weighted by molar-refractivity contribution is 0.0869. The van der Waals surface area contributed by atoms with Gasteiger partial charge < -0.3 is 9.84 Å². The van der Waals surface area contributed by atoms with Crippen molar-refractivity contribution in [3.05, 3.63) is 35.6 Å². The summed E-state index contributed by atoms with van der Waals surface area (Å²) in [7, 11) is 0. The van der Waals surface area contributed by atoms with E-state index in [1.54, 1.807) is 18.2 Å². The quantitative estimate of drug-likeness (QED) is 0.735. The van der Waals surface area contributed by atoms with Gasteiger partial charge in [0.05, 0.1) is 6.10 Å². The molecule has 1 aromatic rings. The standard InChI is InChI=1S/C11H15FO2/c1-2-14-8-7-11(13)9-5-3-4-6-10(9)12/h3-6,11,13H,2,7-8H2,1H3. The van der Waals surface area contributed by atoms with E-state index in [1.165, 1.54) is 6.07 Å². The van der Waals surface area contributed by atoms with E-state index in [0.717, 1.165) is 0 Å². The number of rotatable bonds is 5. The Labute approximate surface area is 83.3 Å². The molecule has 1 rings (SSSR count). The molecule has 0 saturated heterocycles. The SMILES string of the molecule is CCOCCC(O)c1ccccc1F. The topological polar surface area (TPSA) is 29.5 Å². The molecule has 0 aromatic heterocycles. The molecule has 0 aliphatic heterocycles. The van der Waals surface area contributed by atoms with Crippen LogP contribution in [0.25, 0.3) is 0 Å². The maximum Gasteiger partial charge on any atom is 0.128 e. The number of hydrogen-bond acceptors (Lipinski definition) is 2. The van der Waals surface area contributed by atoms with Crippen molar-refractivity contribution >= 4 is 0 Å². The lowest BCUT2D eigenvalue weighted by Crippen LogP contribution is -2.05. The normalized spacial score (nSPS) is 12.8. The lowest BCUT2D eigenvalue weighted by atomic mass is 10.1. The second-order valence-corrected chi connectivity index (χ2v) is 3.02. The molecule has 0 bridgehead atoms. The molecule has 0 radical (unpaired) electrons. The van der Waals surface area contributed by atoms with E-state index >= 15 is 0 Å². The zero-order chi connectivity index (χ0) is 10.4. The molecule has 0 saturated carbocycles. The summed E-state index contributed by atoms with van der Waals surface area (Å²) in [5.41, 5.74) is 0.340. The molecule has 0 heterocycles. The first kappa shape index (κ1) is 11.1. The highest BCUT2D eigenvalue weighted by atomic mass is 19.1. The Morgan fingerprint density at radius 2 is 2.14 bits per heavy atom. The number of aliphatic hydroxyl groups is 1. The van der Waals surface area contributed by atoms with Gasteiger partial charge in [-0.1, -0.05) is 18.2 Å². The molecule has 1 atom stereocenters. The molecule has 1 aromatic carbocycles. The van der Waals surface area contributed by atoms with Crippen molar-refractivity contribution in [3.63, 3.8) is 0 Å². The fourth-order valence-electron chi connectivity index (χ4n) is 1.24. The van der Waals surface area contributed by atoms with Gasteiger partial charge in [0.2, 0.25) is 0 Å². The summed E-state index contributed by atoms with van der Waals surface area (Å²) < 4.78 is 18.2. The van der Waals surface area contributed by atoms with E-state index in [1.807, 2.05) is 6.92 Å². The zero-order valence-electron chi connectivity index (χ0n) is 8.24. The Morgan fingerprint density at radius 3 is 2.79 bits per heavy atom. The first-order valence-corrected chi connectivity index (χ1v) is 4.76.